The molecule has 0 aliphatic carbocycles. The van der Waals surface area contributed by atoms with Gasteiger partial charge in [0.05, 0.1) is 6.04 Å². The van der Waals surface area contributed by atoms with Crippen molar-refractivity contribution in [2.75, 3.05) is 0 Å². The van der Waals surface area contributed by atoms with Crippen LogP contribution in [0.2, 0.25) is 0 Å². The fourth-order valence-electron chi connectivity index (χ4n) is 1.23. The number of amides is 1. The number of hydrogen-bond donors (Lipinski definition) is 5. The van der Waals surface area contributed by atoms with Gasteiger partial charge >= 0.3 is 13.6 Å². The number of carboxylic acid groups (broad SMARTS) is 1. The Hall–Kier alpha value is -0.950. The minimum absolute atomic E-state index is 0.00994. The number of carbonyl (C=O) groups is 2. The molecule has 9 heteroatoms. The first-order chi connectivity index (χ1) is 8.14. The van der Waals surface area contributed by atoms with Gasteiger partial charge in [0.25, 0.3) is 0 Å². The van der Waals surface area contributed by atoms with Crippen LogP contribution in [0.25, 0.3) is 0 Å². The third-order valence-corrected chi connectivity index (χ3v) is 3.45. The minimum Gasteiger partial charge on any atom is -0.481 e. The molecular weight excluding hydrogens is 263 g/mol. The average molecular weight is 282 g/mol. The summed E-state index contributed by atoms with van der Waals surface area (Å²) in [6, 6.07) is -0.863. The molecule has 0 spiro atoms. The van der Waals surface area contributed by atoms with Crippen LogP contribution in [0.15, 0.2) is 0 Å². The summed E-state index contributed by atoms with van der Waals surface area (Å²) in [6.07, 6.45) is 0.520. The van der Waals surface area contributed by atoms with Gasteiger partial charge in [-0.2, -0.15) is 0 Å². The lowest BCUT2D eigenvalue weighted by Gasteiger charge is -2.20. The van der Waals surface area contributed by atoms with Crippen LogP contribution in [-0.2, 0) is 14.2 Å². The van der Waals surface area contributed by atoms with Gasteiger partial charge in [-0.15, -0.1) is 0 Å². The molecular formula is C9H19N2O6P. The van der Waals surface area contributed by atoms with Crippen molar-refractivity contribution in [1.29, 1.82) is 0 Å². The second-order valence-electron chi connectivity index (χ2n) is 4.04. The smallest absolute Gasteiger partial charge is 0.347 e. The van der Waals surface area contributed by atoms with Gasteiger partial charge in [0.1, 0.15) is 5.78 Å². The molecule has 0 bridgehead atoms. The zero-order valence-electron chi connectivity index (χ0n) is 10.1. The molecule has 0 saturated carbocycles. The maximum atomic E-state index is 11.3. The van der Waals surface area contributed by atoms with E-state index in [9.17, 15) is 14.2 Å². The average Bonchev–Trinajstić information content (AvgIpc) is 2.19. The number of aliphatic carboxylic acids is 1. The molecule has 0 radical (unpaired) electrons. The summed E-state index contributed by atoms with van der Waals surface area (Å²) in [7, 11) is -4.47. The lowest BCUT2D eigenvalue weighted by atomic mass is 10.2. The second kappa shape index (κ2) is 7.48. The Morgan fingerprint density at radius 3 is 2.28 bits per heavy atom. The van der Waals surface area contributed by atoms with E-state index in [1.807, 2.05) is 0 Å². The molecule has 0 heterocycles. The summed E-state index contributed by atoms with van der Waals surface area (Å²) in [6.45, 7) is 1.40. The molecule has 0 fully saturated rings. The van der Waals surface area contributed by atoms with Gasteiger partial charge in [-0.3, -0.25) is 14.2 Å². The molecule has 0 aromatic carbocycles. The molecule has 18 heavy (non-hydrogen) atoms. The Labute approximate surface area is 105 Å². The molecule has 6 N–H and O–H groups in total. The number of hydrogen-bond acceptors (Lipinski definition) is 4. The van der Waals surface area contributed by atoms with E-state index in [1.165, 1.54) is 6.92 Å². The van der Waals surface area contributed by atoms with E-state index in [0.29, 0.717) is 12.8 Å². The lowest BCUT2D eigenvalue weighted by Crippen LogP contribution is -2.43. The largest absolute Gasteiger partial charge is 0.481 e. The first-order valence-electron chi connectivity index (χ1n) is 5.47. The first-order valence-corrected chi connectivity index (χ1v) is 7.15. The van der Waals surface area contributed by atoms with E-state index >= 15 is 0 Å². The zero-order chi connectivity index (χ0) is 14.3. The van der Waals surface area contributed by atoms with E-state index < -0.39 is 31.3 Å². The summed E-state index contributed by atoms with van der Waals surface area (Å²) in [5, 5.41) is 10.6. The van der Waals surface area contributed by atoms with Crippen LogP contribution in [0.5, 0.6) is 0 Å². The highest BCUT2D eigenvalue weighted by Crippen LogP contribution is 2.42. The quantitative estimate of drug-likeness (QED) is 0.300. The van der Waals surface area contributed by atoms with Gasteiger partial charge in [-0.05, 0) is 19.8 Å². The van der Waals surface area contributed by atoms with Gasteiger partial charge in [0, 0.05) is 6.42 Å². The summed E-state index contributed by atoms with van der Waals surface area (Å²) in [5.41, 5.74) is 5.28. The van der Waals surface area contributed by atoms with Crippen LogP contribution in [0.4, 0.5) is 0 Å². The van der Waals surface area contributed by atoms with Crippen LogP contribution in [0.3, 0.4) is 0 Å². The molecule has 8 nitrogen and oxygen atoms in total. The van der Waals surface area contributed by atoms with E-state index in [4.69, 9.17) is 20.6 Å². The van der Waals surface area contributed by atoms with Crippen LogP contribution in [0.1, 0.15) is 32.6 Å². The predicted octanol–water partition coefficient (Wildman–Crippen LogP) is -0.401. The number of nitrogens with one attached hydrogen (secondary N) is 1. The monoisotopic (exact) mass is 282 g/mol. The lowest BCUT2D eigenvalue weighted by molar-refractivity contribution is -0.137. The summed E-state index contributed by atoms with van der Waals surface area (Å²) in [5.74, 6) is -2.94. The Balaban J connectivity index is 4.30. The van der Waals surface area contributed by atoms with Gasteiger partial charge in [0.15, 0.2) is 0 Å². The van der Waals surface area contributed by atoms with Crippen LogP contribution >= 0.6 is 7.60 Å². The van der Waals surface area contributed by atoms with Crippen LogP contribution < -0.4 is 11.1 Å². The highest BCUT2D eigenvalue weighted by Gasteiger charge is 2.30. The highest BCUT2D eigenvalue weighted by molar-refractivity contribution is 7.52. The molecule has 0 rings (SSSR count). The Morgan fingerprint density at radius 1 is 1.33 bits per heavy atom. The predicted molar refractivity (Wildman–Crippen MR) is 63.7 cm³/mol. The van der Waals surface area contributed by atoms with Crippen molar-refractivity contribution in [1.82, 2.24) is 5.32 Å². The fourth-order valence-corrected chi connectivity index (χ4v) is 2.05. The SMILES string of the molecule is C[C@H](N)C(=O)NC(CCCCC(=O)O)P(=O)(O)O. The van der Waals surface area contributed by atoms with Crippen molar-refractivity contribution < 1.29 is 29.0 Å². The molecule has 1 unspecified atom stereocenters. The maximum absolute atomic E-state index is 11.3. The normalized spacial score (nSPS) is 14.9. The fraction of sp³-hybridized carbons (Fsp3) is 0.778. The molecule has 0 aromatic rings. The first kappa shape index (κ1) is 17.1. The van der Waals surface area contributed by atoms with Crippen molar-refractivity contribution in [2.45, 2.75) is 44.4 Å². The molecule has 2 atom stereocenters. The van der Waals surface area contributed by atoms with Gasteiger partial charge in [-0.1, -0.05) is 6.42 Å². The van der Waals surface area contributed by atoms with E-state index in [2.05, 4.69) is 5.32 Å². The third kappa shape index (κ3) is 7.39. The number of carbonyl (C=O) groups excluding carboxylic acids is 1. The van der Waals surface area contributed by atoms with Gasteiger partial charge < -0.3 is 25.9 Å². The van der Waals surface area contributed by atoms with E-state index in [-0.39, 0.29) is 12.8 Å². The van der Waals surface area contributed by atoms with Crippen molar-refractivity contribution in [3.8, 4) is 0 Å². The Kier molecular flexibility index (Phi) is 7.08. The molecule has 0 aliphatic heterocycles. The summed E-state index contributed by atoms with van der Waals surface area (Å²) in [4.78, 5) is 39.6. The number of carboxylic acids is 1. The van der Waals surface area contributed by atoms with E-state index in [0.717, 1.165) is 0 Å². The second-order valence-corrected chi connectivity index (χ2v) is 5.84. The Bertz CT molecular complexity index is 340. The van der Waals surface area contributed by atoms with Crippen LogP contribution in [-0.4, -0.2) is 38.6 Å². The van der Waals surface area contributed by atoms with Crippen LogP contribution in [0, 0.1) is 0 Å². The van der Waals surface area contributed by atoms with Crippen molar-refractivity contribution in [2.24, 2.45) is 5.73 Å². The van der Waals surface area contributed by atoms with Crippen molar-refractivity contribution >= 4 is 19.5 Å². The van der Waals surface area contributed by atoms with Crippen molar-refractivity contribution in [3.63, 3.8) is 0 Å². The number of unbranched alkanes of at least 4 members (excludes halogenated alkanes) is 1. The Morgan fingerprint density at radius 2 is 1.89 bits per heavy atom. The molecule has 106 valence electrons. The number of rotatable bonds is 8. The van der Waals surface area contributed by atoms with E-state index in [1.54, 1.807) is 0 Å². The third-order valence-electron chi connectivity index (χ3n) is 2.25. The summed E-state index contributed by atoms with van der Waals surface area (Å²) < 4.78 is 11.1. The standard InChI is InChI=1S/C9H19N2O6P/c1-6(10)9(14)11-7(18(15,16)17)4-2-3-5-8(12)13/h6-7H,2-5,10H2,1H3,(H,11,14)(H,12,13)(H2,15,16,17)/t6-,7?/m0/s1. The highest BCUT2D eigenvalue weighted by atomic mass is 31.2. The molecule has 0 aromatic heterocycles. The summed E-state index contributed by atoms with van der Waals surface area (Å²) >= 11 is 0. The number of nitrogens with two attached hydrogens (primary N) is 1. The zero-order valence-corrected chi connectivity index (χ0v) is 11.0. The molecule has 0 saturated heterocycles. The minimum atomic E-state index is -4.47. The molecule has 1 amide bonds. The van der Waals surface area contributed by atoms with Gasteiger partial charge in [0.2, 0.25) is 5.91 Å². The maximum Gasteiger partial charge on any atom is 0.347 e. The topological polar surface area (TPSA) is 150 Å². The molecule has 0 aliphatic rings. The van der Waals surface area contributed by atoms with Crippen molar-refractivity contribution in [3.05, 3.63) is 0 Å². The van der Waals surface area contributed by atoms with Gasteiger partial charge in [-0.25, -0.2) is 0 Å².